The maximum Gasteiger partial charge on any atom is 0.307 e. The van der Waals surface area contributed by atoms with Gasteiger partial charge in [0.25, 0.3) is 5.89 Å². The standard InChI is InChI=1S/C19H24FN3O3/c1-12-8-14(4-5-15(12)20)9-23-7-6-17-16(10-23)22-19(26-17)18(24)21-13(2)11-25-3/h4-5,8,13H,6-7,9-11H2,1-3H3,(H,21,24)/t13-/m0/s1. The van der Waals surface area contributed by atoms with Gasteiger partial charge in [-0.15, -0.1) is 0 Å². The predicted octanol–water partition coefficient (Wildman–Crippen LogP) is 2.45. The average molecular weight is 361 g/mol. The predicted molar refractivity (Wildman–Crippen MR) is 94.3 cm³/mol. The van der Waals surface area contributed by atoms with Crippen LogP contribution in [0.5, 0.6) is 0 Å². The van der Waals surface area contributed by atoms with Gasteiger partial charge < -0.3 is 14.5 Å². The summed E-state index contributed by atoms with van der Waals surface area (Å²) in [7, 11) is 1.59. The first-order valence-corrected chi connectivity index (χ1v) is 8.72. The molecule has 140 valence electrons. The average Bonchev–Trinajstić information content (AvgIpc) is 3.02. The third kappa shape index (κ3) is 4.28. The fraction of sp³-hybridized carbons (Fsp3) is 0.474. The van der Waals surface area contributed by atoms with Crippen molar-refractivity contribution in [2.75, 3.05) is 20.3 Å². The van der Waals surface area contributed by atoms with Crippen LogP contribution in [0.1, 0.15) is 40.2 Å². The Morgan fingerprint density at radius 1 is 1.50 bits per heavy atom. The van der Waals surface area contributed by atoms with Crippen molar-refractivity contribution in [1.82, 2.24) is 15.2 Å². The number of carbonyl (C=O) groups excluding carboxylic acids is 1. The number of aromatic nitrogens is 1. The molecule has 26 heavy (non-hydrogen) atoms. The molecule has 1 aromatic carbocycles. The second-order valence-corrected chi connectivity index (χ2v) is 6.76. The van der Waals surface area contributed by atoms with Crippen molar-refractivity contribution >= 4 is 5.91 Å². The van der Waals surface area contributed by atoms with E-state index >= 15 is 0 Å². The summed E-state index contributed by atoms with van der Waals surface area (Å²) in [6.45, 7) is 6.17. The first kappa shape index (κ1) is 18.5. The minimum Gasteiger partial charge on any atom is -0.437 e. The number of benzene rings is 1. The van der Waals surface area contributed by atoms with Gasteiger partial charge in [0.2, 0.25) is 0 Å². The molecule has 1 aromatic heterocycles. The molecular weight excluding hydrogens is 337 g/mol. The molecule has 1 amide bonds. The zero-order chi connectivity index (χ0) is 18.7. The molecule has 6 nitrogen and oxygen atoms in total. The van der Waals surface area contributed by atoms with Crippen LogP contribution in [-0.2, 0) is 24.2 Å². The lowest BCUT2D eigenvalue weighted by Gasteiger charge is -2.25. The summed E-state index contributed by atoms with van der Waals surface area (Å²) in [4.78, 5) is 18.8. The SMILES string of the molecule is COC[C@H](C)NC(=O)c1nc2c(o1)CCN(Cc1ccc(F)c(C)c1)C2. The van der Waals surface area contributed by atoms with Gasteiger partial charge in [0.1, 0.15) is 11.6 Å². The van der Waals surface area contributed by atoms with Gasteiger partial charge in [-0.25, -0.2) is 9.37 Å². The third-order valence-electron chi connectivity index (χ3n) is 4.42. The second-order valence-electron chi connectivity index (χ2n) is 6.76. The van der Waals surface area contributed by atoms with Crippen molar-refractivity contribution in [2.45, 2.75) is 39.4 Å². The maximum atomic E-state index is 13.4. The molecule has 0 radical (unpaired) electrons. The Morgan fingerprint density at radius 3 is 3.04 bits per heavy atom. The first-order chi connectivity index (χ1) is 12.5. The molecule has 0 aliphatic carbocycles. The quantitative estimate of drug-likeness (QED) is 0.856. The fourth-order valence-electron chi connectivity index (χ4n) is 3.13. The number of ether oxygens (including phenoxy) is 1. The highest BCUT2D eigenvalue weighted by molar-refractivity contribution is 5.89. The Labute approximate surface area is 152 Å². The van der Waals surface area contributed by atoms with E-state index in [9.17, 15) is 9.18 Å². The van der Waals surface area contributed by atoms with E-state index in [0.29, 0.717) is 31.7 Å². The van der Waals surface area contributed by atoms with Gasteiger partial charge in [0, 0.05) is 39.2 Å². The van der Waals surface area contributed by atoms with E-state index < -0.39 is 0 Å². The van der Waals surface area contributed by atoms with Gasteiger partial charge in [0.05, 0.1) is 12.3 Å². The molecule has 0 fully saturated rings. The summed E-state index contributed by atoms with van der Waals surface area (Å²) in [5.41, 5.74) is 2.49. The van der Waals surface area contributed by atoms with Crippen LogP contribution in [0.3, 0.4) is 0 Å². The Bertz CT molecular complexity index is 790. The molecule has 0 saturated heterocycles. The molecular formula is C19H24FN3O3. The zero-order valence-corrected chi connectivity index (χ0v) is 15.3. The number of methoxy groups -OCH3 is 1. The Morgan fingerprint density at radius 2 is 2.31 bits per heavy atom. The Balaban J connectivity index is 1.64. The van der Waals surface area contributed by atoms with Crippen molar-refractivity contribution in [2.24, 2.45) is 0 Å². The number of halogens is 1. The maximum absolute atomic E-state index is 13.4. The van der Waals surface area contributed by atoms with Crippen molar-refractivity contribution < 1.29 is 18.3 Å². The molecule has 0 spiro atoms. The number of nitrogens with zero attached hydrogens (tertiary/aromatic N) is 2. The van der Waals surface area contributed by atoms with Crippen LogP contribution in [0, 0.1) is 12.7 Å². The van der Waals surface area contributed by atoms with Crippen molar-refractivity contribution in [3.05, 3.63) is 52.5 Å². The third-order valence-corrected chi connectivity index (χ3v) is 4.42. The van der Waals surface area contributed by atoms with Gasteiger partial charge in [-0.1, -0.05) is 12.1 Å². The lowest BCUT2D eigenvalue weighted by atomic mass is 10.1. The summed E-state index contributed by atoms with van der Waals surface area (Å²) in [6, 6.07) is 5.05. The number of oxazole rings is 1. The molecule has 1 N–H and O–H groups in total. The molecule has 1 aliphatic rings. The number of fused-ring (bicyclic) bond motifs is 1. The molecule has 7 heteroatoms. The lowest BCUT2D eigenvalue weighted by Crippen LogP contribution is -2.35. The molecule has 1 atom stereocenters. The molecule has 0 unspecified atom stereocenters. The van der Waals surface area contributed by atoms with E-state index in [1.165, 1.54) is 6.07 Å². The highest BCUT2D eigenvalue weighted by Crippen LogP contribution is 2.22. The second kappa shape index (κ2) is 7.97. The van der Waals surface area contributed by atoms with Crippen molar-refractivity contribution in [1.29, 1.82) is 0 Å². The van der Waals surface area contributed by atoms with Crippen LogP contribution in [0.25, 0.3) is 0 Å². The van der Waals surface area contributed by atoms with Crippen LogP contribution in [0.15, 0.2) is 22.6 Å². The summed E-state index contributed by atoms with van der Waals surface area (Å²) in [5, 5.41) is 2.80. The number of rotatable bonds is 6. The topological polar surface area (TPSA) is 67.6 Å². The van der Waals surface area contributed by atoms with Gasteiger partial charge >= 0.3 is 5.91 Å². The molecule has 2 heterocycles. The van der Waals surface area contributed by atoms with Crippen LogP contribution >= 0.6 is 0 Å². The van der Waals surface area contributed by atoms with Crippen molar-refractivity contribution in [3.63, 3.8) is 0 Å². The summed E-state index contributed by atoms with van der Waals surface area (Å²) < 4.78 is 24.1. The summed E-state index contributed by atoms with van der Waals surface area (Å²) >= 11 is 0. The normalized spacial score (nSPS) is 15.5. The highest BCUT2D eigenvalue weighted by Gasteiger charge is 2.25. The van der Waals surface area contributed by atoms with Crippen molar-refractivity contribution in [3.8, 4) is 0 Å². The lowest BCUT2D eigenvalue weighted by molar-refractivity contribution is 0.0869. The number of amides is 1. The summed E-state index contributed by atoms with van der Waals surface area (Å²) in [5.74, 6) is 0.340. The Kier molecular flexibility index (Phi) is 5.68. The fourth-order valence-corrected chi connectivity index (χ4v) is 3.13. The summed E-state index contributed by atoms with van der Waals surface area (Å²) in [6.07, 6.45) is 0.698. The largest absolute Gasteiger partial charge is 0.437 e. The van der Waals surface area contributed by atoms with E-state index in [2.05, 4.69) is 15.2 Å². The highest BCUT2D eigenvalue weighted by atomic mass is 19.1. The van der Waals surface area contributed by atoms with Gasteiger partial charge in [-0.2, -0.15) is 0 Å². The molecule has 0 saturated carbocycles. The molecule has 2 aromatic rings. The zero-order valence-electron chi connectivity index (χ0n) is 15.3. The number of nitrogens with one attached hydrogen (secondary N) is 1. The number of hydrogen-bond acceptors (Lipinski definition) is 5. The van der Waals surface area contributed by atoms with Gasteiger partial charge in [-0.3, -0.25) is 9.69 Å². The van der Waals surface area contributed by atoms with Gasteiger partial charge in [-0.05, 0) is 31.0 Å². The number of aryl methyl sites for hydroxylation is 1. The molecule has 1 aliphatic heterocycles. The van der Waals surface area contributed by atoms with E-state index in [0.717, 1.165) is 23.6 Å². The van der Waals surface area contributed by atoms with Crippen LogP contribution in [-0.4, -0.2) is 42.1 Å². The minimum atomic E-state index is -0.329. The van der Waals surface area contributed by atoms with E-state index in [1.807, 2.05) is 13.0 Å². The van der Waals surface area contributed by atoms with Crippen LogP contribution in [0.4, 0.5) is 4.39 Å². The number of carbonyl (C=O) groups is 1. The minimum absolute atomic E-state index is 0.0948. The van der Waals surface area contributed by atoms with E-state index in [1.54, 1.807) is 20.1 Å². The van der Waals surface area contributed by atoms with E-state index in [4.69, 9.17) is 9.15 Å². The molecule has 0 bridgehead atoms. The van der Waals surface area contributed by atoms with Crippen LogP contribution < -0.4 is 5.32 Å². The molecule has 3 rings (SSSR count). The van der Waals surface area contributed by atoms with E-state index in [-0.39, 0.29) is 23.7 Å². The Hall–Kier alpha value is -2.25. The number of hydrogen-bond donors (Lipinski definition) is 1. The first-order valence-electron chi connectivity index (χ1n) is 8.72. The van der Waals surface area contributed by atoms with Crippen LogP contribution in [0.2, 0.25) is 0 Å². The monoisotopic (exact) mass is 361 g/mol. The smallest absolute Gasteiger partial charge is 0.307 e. The van der Waals surface area contributed by atoms with Gasteiger partial charge in [0.15, 0.2) is 0 Å².